The minimum atomic E-state index is -4.83. The van der Waals surface area contributed by atoms with Gasteiger partial charge in [0.1, 0.15) is 23.5 Å². The summed E-state index contributed by atoms with van der Waals surface area (Å²) < 4.78 is 34.7. The van der Waals surface area contributed by atoms with Gasteiger partial charge in [-0.05, 0) is 30.0 Å². The number of aliphatic hydroxyl groups excluding tert-OH is 2. The summed E-state index contributed by atoms with van der Waals surface area (Å²) in [6, 6.07) is 9.88. The lowest BCUT2D eigenvalue weighted by Crippen LogP contribution is -2.33. The maximum atomic E-state index is 11.9. The van der Waals surface area contributed by atoms with E-state index in [1.165, 1.54) is 22.0 Å². The topological polar surface area (TPSA) is 196 Å². The van der Waals surface area contributed by atoms with Gasteiger partial charge in [-0.25, -0.2) is 9.67 Å². The van der Waals surface area contributed by atoms with E-state index in [-0.39, 0.29) is 16.8 Å². The van der Waals surface area contributed by atoms with Crippen LogP contribution in [0.2, 0.25) is 5.15 Å². The maximum Gasteiger partial charge on any atom is 0.340 e. The van der Waals surface area contributed by atoms with Crippen LogP contribution in [0.25, 0.3) is 11.0 Å². The Labute approximate surface area is 215 Å². The number of nitrogens with zero attached hydrogens (tertiary/aromatic N) is 3. The predicted molar refractivity (Wildman–Crippen MR) is 132 cm³/mol. The molecule has 200 valence electrons. The second-order valence-electron chi connectivity index (χ2n) is 9.04. The van der Waals surface area contributed by atoms with Crippen LogP contribution in [0.15, 0.2) is 36.5 Å². The fraction of sp³-hybridized carbons (Fsp3) is 0.429. The van der Waals surface area contributed by atoms with Crippen molar-refractivity contribution < 1.29 is 43.3 Å². The van der Waals surface area contributed by atoms with Gasteiger partial charge >= 0.3 is 15.2 Å². The summed E-state index contributed by atoms with van der Waals surface area (Å²) in [5.41, 5.74) is 3.41. The zero-order chi connectivity index (χ0) is 26.5. The molecule has 3 heterocycles. The Morgan fingerprint density at radius 2 is 1.95 bits per heavy atom. The SMILES string of the molecule is O=P(O)(O)CP(=O)(O)OC[C@H]1O[C@@H](n2ncc3c(N[C@@H]4CCc5ccccc54)cc(Cl)nc32)[C@H](O)[C@@H]1O. The van der Waals surface area contributed by atoms with E-state index >= 15 is 0 Å². The Morgan fingerprint density at radius 1 is 1.19 bits per heavy atom. The number of halogens is 1. The number of aryl methyl sites for hydroxylation is 1. The van der Waals surface area contributed by atoms with Gasteiger partial charge in [0.05, 0.1) is 29.9 Å². The van der Waals surface area contributed by atoms with E-state index in [1.54, 1.807) is 6.07 Å². The first-order valence-corrected chi connectivity index (χ1v) is 15.3. The molecule has 3 aromatic rings. The third-order valence-electron chi connectivity index (χ3n) is 6.38. The van der Waals surface area contributed by atoms with Gasteiger partial charge in [-0.2, -0.15) is 5.10 Å². The first-order chi connectivity index (χ1) is 17.4. The lowest BCUT2D eigenvalue weighted by atomic mass is 10.1. The van der Waals surface area contributed by atoms with E-state index in [2.05, 4.69) is 27.5 Å². The van der Waals surface area contributed by atoms with E-state index in [9.17, 15) is 24.2 Å². The maximum absolute atomic E-state index is 11.9. The molecular weight excluding hydrogens is 550 g/mol. The fourth-order valence-corrected chi connectivity index (χ4v) is 7.48. The fourth-order valence-electron chi connectivity index (χ4n) is 4.72. The molecule has 2 aromatic heterocycles. The molecule has 0 spiro atoms. The van der Waals surface area contributed by atoms with Gasteiger partial charge < -0.3 is 39.5 Å². The molecule has 1 fully saturated rings. The molecule has 1 saturated heterocycles. The van der Waals surface area contributed by atoms with E-state index in [0.717, 1.165) is 12.8 Å². The van der Waals surface area contributed by atoms with Crippen molar-refractivity contribution in [2.24, 2.45) is 0 Å². The van der Waals surface area contributed by atoms with Crippen LogP contribution in [0, 0.1) is 0 Å². The van der Waals surface area contributed by atoms with Crippen molar-refractivity contribution in [2.75, 3.05) is 17.8 Å². The smallest absolute Gasteiger partial charge is 0.340 e. The van der Waals surface area contributed by atoms with Crippen LogP contribution < -0.4 is 5.32 Å². The minimum absolute atomic E-state index is 0.0557. The Bertz CT molecular complexity index is 1420. The molecule has 1 aliphatic carbocycles. The molecule has 0 amide bonds. The van der Waals surface area contributed by atoms with Crippen molar-refractivity contribution in [3.8, 4) is 0 Å². The summed E-state index contributed by atoms with van der Waals surface area (Å²) in [7, 11) is -9.50. The highest BCUT2D eigenvalue weighted by atomic mass is 35.5. The molecule has 0 bridgehead atoms. The number of pyridine rings is 1. The standard InChI is InChI=1S/C21H25ClN4O9P2/c22-17-7-15(24-14-6-5-11-3-1-2-4-12(11)14)13-8-23-26(20(13)25-17)21-19(28)18(27)16(35-21)9-34-37(32,33)10-36(29,30)31/h1-4,7-8,14,16,18-19,21,27-28H,5-6,9-10H2,(H,24,25)(H,32,33)(H2,29,30,31)/t14-,16-,18-,19-,21-/m1/s1. The van der Waals surface area contributed by atoms with Crippen molar-refractivity contribution in [1.82, 2.24) is 14.8 Å². The van der Waals surface area contributed by atoms with Crippen molar-refractivity contribution in [2.45, 2.75) is 43.4 Å². The van der Waals surface area contributed by atoms with Gasteiger partial charge in [-0.1, -0.05) is 35.9 Å². The van der Waals surface area contributed by atoms with Crippen LogP contribution >= 0.6 is 26.8 Å². The first kappa shape index (κ1) is 26.7. The highest BCUT2D eigenvalue weighted by Crippen LogP contribution is 2.55. The third kappa shape index (κ3) is 5.62. The minimum Gasteiger partial charge on any atom is -0.387 e. The first-order valence-electron chi connectivity index (χ1n) is 11.3. The summed E-state index contributed by atoms with van der Waals surface area (Å²) in [5.74, 6) is -1.39. The van der Waals surface area contributed by atoms with Gasteiger partial charge in [0.2, 0.25) is 0 Å². The molecule has 6 atom stereocenters. The lowest BCUT2D eigenvalue weighted by Gasteiger charge is -2.18. The van der Waals surface area contributed by atoms with Crippen molar-refractivity contribution in [3.05, 3.63) is 52.8 Å². The quantitative estimate of drug-likeness (QED) is 0.170. The Hall–Kier alpha value is -1.89. The number of fused-ring (bicyclic) bond motifs is 2. The average molecular weight is 575 g/mol. The number of hydrogen-bond donors (Lipinski definition) is 6. The molecule has 6 N–H and O–H groups in total. The number of hydrogen-bond acceptors (Lipinski definition) is 9. The van der Waals surface area contributed by atoms with Gasteiger partial charge in [-0.3, -0.25) is 9.13 Å². The molecule has 0 radical (unpaired) electrons. The zero-order valence-electron chi connectivity index (χ0n) is 19.2. The number of nitrogens with one attached hydrogen (secondary N) is 1. The summed E-state index contributed by atoms with van der Waals surface area (Å²) in [4.78, 5) is 31.9. The predicted octanol–water partition coefficient (Wildman–Crippen LogP) is 2.14. The summed E-state index contributed by atoms with van der Waals surface area (Å²) in [6.45, 7) is -0.705. The van der Waals surface area contributed by atoms with Gasteiger partial charge in [0.25, 0.3) is 0 Å². The van der Waals surface area contributed by atoms with Crippen molar-refractivity contribution >= 4 is 43.5 Å². The van der Waals surface area contributed by atoms with Gasteiger partial charge in [-0.15, -0.1) is 0 Å². The zero-order valence-corrected chi connectivity index (χ0v) is 21.7. The van der Waals surface area contributed by atoms with Gasteiger partial charge in [0.15, 0.2) is 17.8 Å². The number of ether oxygens (including phenoxy) is 1. The number of aliphatic hydroxyl groups is 2. The Kier molecular flexibility index (Phi) is 7.23. The molecule has 37 heavy (non-hydrogen) atoms. The normalized spacial score (nSPS) is 27.4. The van der Waals surface area contributed by atoms with E-state index in [4.69, 9.17) is 30.6 Å². The summed E-state index contributed by atoms with van der Waals surface area (Å²) in [5, 5.41) is 29.6. The number of benzene rings is 1. The number of rotatable bonds is 8. The van der Waals surface area contributed by atoms with Crippen LogP contribution in [0.3, 0.4) is 0 Å². The lowest BCUT2D eigenvalue weighted by molar-refractivity contribution is -0.0541. The summed E-state index contributed by atoms with van der Waals surface area (Å²) >= 11 is 6.30. The van der Waals surface area contributed by atoms with Crippen molar-refractivity contribution in [1.29, 1.82) is 0 Å². The molecule has 16 heteroatoms. The van der Waals surface area contributed by atoms with Crippen LogP contribution in [0.1, 0.15) is 29.8 Å². The number of anilines is 1. The second kappa shape index (κ2) is 10.0. The molecular formula is C21H25ClN4O9P2. The number of aromatic nitrogens is 3. The third-order valence-corrected chi connectivity index (χ3v) is 10.0. The highest BCUT2D eigenvalue weighted by Gasteiger charge is 2.46. The molecule has 1 aromatic carbocycles. The van der Waals surface area contributed by atoms with Crippen LogP contribution in [-0.4, -0.2) is 70.5 Å². The molecule has 2 aliphatic rings. The van der Waals surface area contributed by atoms with Gasteiger partial charge in [0, 0.05) is 0 Å². The molecule has 13 nitrogen and oxygen atoms in total. The van der Waals surface area contributed by atoms with E-state index < -0.39 is 52.2 Å². The molecule has 5 rings (SSSR count). The Morgan fingerprint density at radius 3 is 2.70 bits per heavy atom. The van der Waals surface area contributed by atoms with E-state index in [1.807, 2.05) is 12.1 Å². The average Bonchev–Trinajstić information content (AvgIpc) is 3.48. The second-order valence-corrected chi connectivity index (χ2v) is 13.4. The van der Waals surface area contributed by atoms with E-state index in [0.29, 0.717) is 11.1 Å². The summed E-state index contributed by atoms with van der Waals surface area (Å²) in [6.07, 6.45) is -2.25. The molecule has 1 unspecified atom stereocenters. The van der Waals surface area contributed by atoms with Crippen LogP contribution in [0.4, 0.5) is 5.69 Å². The molecule has 0 saturated carbocycles. The largest absolute Gasteiger partial charge is 0.387 e. The van der Waals surface area contributed by atoms with Crippen LogP contribution in [0.5, 0.6) is 0 Å². The van der Waals surface area contributed by atoms with Crippen molar-refractivity contribution in [3.63, 3.8) is 0 Å². The molecule has 1 aliphatic heterocycles. The Balaban J connectivity index is 1.37. The van der Waals surface area contributed by atoms with Crippen LogP contribution in [-0.2, 0) is 24.8 Å². The highest BCUT2D eigenvalue weighted by molar-refractivity contribution is 7.70. The monoisotopic (exact) mass is 574 g/mol.